The molecule has 0 saturated carbocycles. The summed E-state index contributed by atoms with van der Waals surface area (Å²) in [5.74, 6) is -1.40. The molecule has 0 bridgehead atoms. The molecule has 0 radical (unpaired) electrons. The molecule has 0 unspecified atom stereocenters. The van der Waals surface area contributed by atoms with Crippen LogP contribution in [0.4, 0.5) is 10.1 Å². The lowest BCUT2D eigenvalue weighted by atomic mass is 10.2. The summed E-state index contributed by atoms with van der Waals surface area (Å²) in [6.07, 6.45) is 2.73. The van der Waals surface area contributed by atoms with Gasteiger partial charge in [0.05, 0.1) is 23.5 Å². The molecule has 0 spiro atoms. The minimum Gasteiger partial charge on any atom is -0.350 e. The van der Waals surface area contributed by atoms with Gasteiger partial charge in [-0.15, -0.1) is 0 Å². The third-order valence-electron chi connectivity index (χ3n) is 4.78. The molecule has 3 aromatic rings. The number of fused-ring (bicyclic) bond motifs is 1. The lowest BCUT2D eigenvalue weighted by Crippen LogP contribution is -2.45. The highest BCUT2D eigenvalue weighted by molar-refractivity contribution is 6.35. The molecule has 0 saturated heterocycles. The molecule has 2 heterocycles. The monoisotopic (exact) mass is 476 g/mol. The van der Waals surface area contributed by atoms with Gasteiger partial charge in [0.15, 0.2) is 0 Å². The highest BCUT2D eigenvalue weighted by atomic mass is 35.5. The zero-order valence-electron chi connectivity index (χ0n) is 17.3. The van der Waals surface area contributed by atoms with Crippen LogP contribution in [0.25, 0.3) is 15.9 Å². The van der Waals surface area contributed by atoms with Gasteiger partial charge in [-0.1, -0.05) is 35.3 Å². The summed E-state index contributed by atoms with van der Waals surface area (Å²) in [6, 6.07) is 4.25. The topological polar surface area (TPSA) is 84.5 Å². The molecule has 2 aromatic heterocycles. The Morgan fingerprint density at radius 2 is 2.06 bits per heavy atom. The van der Waals surface area contributed by atoms with Crippen molar-refractivity contribution in [1.82, 2.24) is 24.8 Å². The van der Waals surface area contributed by atoms with E-state index in [0.717, 1.165) is 0 Å². The maximum atomic E-state index is 14.0. The number of rotatable bonds is 7. The molecule has 1 N–H and O–H groups in total. The Morgan fingerprint density at radius 3 is 2.75 bits per heavy atom. The predicted octanol–water partition coefficient (Wildman–Crippen LogP) is 3.98. The Kier molecular flexibility index (Phi) is 7.28. The largest absolute Gasteiger partial charge is 0.350 e. The van der Waals surface area contributed by atoms with Gasteiger partial charge in [0, 0.05) is 24.3 Å². The summed E-state index contributed by atoms with van der Waals surface area (Å²) >= 11 is 11.8. The fourth-order valence-electron chi connectivity index (χ4n) is 3.16. The molecule has 0 atom stereocenters. The number of carbonyl (C=O) groups excluding carboxylic acids is 2. The molecule has 0 aliphatic heterocycles. The number of benzene rings is 1. The molecule has 2 amide bonds. The Labute approximate surface area is 193 Å². The number of hydrogen-bond donors (Lipinski definition) is 1. The van der Waals surface area contributed by atoms with Crippen molar-refractivity contribution in [2.75, 3.05) is 6.54 Å². The van der Waals surface area contributed by atoms with Gasteiger partial charge in [0.25, 0.3) is 0 Å². The van der Waals surface area contributed by atoms with E-state index in [4.69, 9.17) is 29.8 Å². The molecule has 32 heavy (non-hydrogen) atoms. The van der Waals surface area contributed by atoms with Crippen LogP contribution in [-0.4, -0.2) is 43.8 Å². The van der Waals surface area contributed by atoms with Crippen molar-refractivity contribution < 1.29 is 14.0 Å². The van der Waals surface area contributed by atoms with E-state index in [0.29, 0.717) is 11.0 Å². The van der Waals surface area contributed by atoms with Crippen LogP contribution < -0.4 is 5.32 Å². The van der Waals surface area contributed by atoms with Crippen LogP contribution in [0.15, 0.2) is 30.7 Å². The number of nitrogens with zero attached hydrogens (tertiary/aromatic N) is 5. The van der Waals surface area contributed by atoms with Gasteiger partial charge in [-0.3, -0.25) is 9.59 Å². The number of halogens is 3. The molecular weight excluding hydrogens is 458 g/mol. The Morgan fingerprint density at radius 1 is 1.31 bits per heavy atom. The molecule has 0 aliphatic rings. The SMILES string of the molecule is [C-]#[N+]c1cn(CC(=O)N(CC(=O)NCc2cccc(Cl)c2F)C(C)C)c2ncnc(Cl)c12. The fourth-order valence-corrected chi connectivity index (χ4v) is 3.58. The molecule has 3 rings (SSSR count). The lowest BCUT2D eigenvalue weighted by molar-refractivity contribution is -0.138. The summed E-state index contributed by atoms with van der Waals surface area (Å²) in [5, 5.41) is 3.07. The van der Waals surface area contributed by atoms with Crippen molar-refractivity contribution in [2.45, 2.75) is 33.0 Å². The van der Waals surface area contributed by atoms with E-state index in [9.17, 15) is 14.0 Å². The van der Waals surface area contributed by atoms with Crippen LogP contribution in [0.1, 0.15) is 19.4 Å². The van der Waals surface area contributed by atoms with Crippen LogP contribution in [0.3, 0.4) is 0 Å². The van der Waals surface area contributed by atoms with Gasteiger partial charge in [-0.05, 0) is 19.9 Å². The van der Waals surface area contributed by atoms with E-state index in [1.54, 1.807) is 19.9 Å². The zero-order chi connectivity index (χ0) is 23.4. The quantitative estimate of drug-likeness (QED) is 0.412. The van der Waals surface area contributed by atoms with Gasteiger partial charge in [0.1, 0.15) is 29.5 Å². The van der Waals surface area contributed by atoms with E-state index in [-0.39, 0.29) is 53.0 Å². The van der Waals surface area contributed by atoms with Gasteiger partial charge < -0.3 is 14.8 Å². The summed E-state index contributed by atoms with van der Waals surface area (Å²) in [6.45, 7) is 10.5. The van der Waals surface area contributed by atoms with Crippen molar-refractivity contribution in [3.8, 4) is 0 Å². The highest BCUT2D eigenvalue weighted by Crippen LogP contribution is 2.31. The first kappa shape index (κ1) is 23.4. The second kappa shape index (κ2) is 9.94. The number of hydrogen-bond acceptors (Lipinski definition) is 4. The number of carbonyl (C=O) groups is 2. The smallest absolute Gasteiger partial charge is 0.243 e. The minimum absolute atomic E-state index is 0.0302. The molecule has 8 nitrogen and oxygen atoms in total. The van der Waals surface area contributed by atoms with Gasteiger partial charge in [0.2, 0.25) is 17.5 Å². The van der Waals surface area contributed by atoms with E-state index in [1.807, 2.05) is 0 Å². The first-order valence-electron chi connectivity index (χ1n) is 9.58. The third-order valence-corrected chi connectivity index (χ3v) is 5.36. The molecule has 166 valence electrons. The van der Waals surface area contributed by atoms with E-state index in [2.05, 4.69) is 20.1 Å². The van der Waals surface area contributed by atoms with Crippen molar-refractivity contribution in [1.29, 1.82) is 0 Å². The molecule has 1 aromatic carbocycles. The molecule has 0 aliphatic carbocycles. The summed E-state index contributed by atoms with van der Waals surface area (Å²) in [7, 11) is 0. The van der Waals surface area contributed by atoms with Crippen LogP contribution in [0, 0.1) is 12.4 Å². The second-order valence-corrected chi connectivity index (χ2v) is 7.99. The summed E-state index contributed by atoms with van der Waals surface area (Å²) in [5.41, 5.74) is 0.833. The normalized spacial score (nSPS) is 10.9. The van der Waals surface area contributed by atoms with Crippen LogP contribution in [0.2, 0.25) is 10.2 Å². The molecule has 11 heteroatoms. The predicted molar refractivity (Wildman–Crippen MR) is 119 cm³/mol. The van der Waals surface area contributed by atoms with Crippen molar-refractivity contribution in [3.05, 3.63) is 63.7 Å². The van der Waals surface area contributed by atoms with E-state index >= 15 is 0 Å². The van der Waals surface area contributed by atoms with Gasteiger partial charge in [-0.25, -0.2) is 19.2 Å². The Hall–Kier alpha value is -3.22. The van der Waals surface area contributed by atoms with Crippen LogP contribution >= 0.6 is 23.2 Å². The number of amides is 2. The molecule has 0 fully saturated rings. The average molecular weight is 477 g/mol. The summed E-state index contributed by atoms with van der Waals surface area (Å²) < 4.78 is 15.5. The maximum Gasteiger partial charge on any atom is 0.243 e. The van der Waals surface area contributed by atoms with Gasteiger partial charge in [-0.2, -0.15) is 0 Å². The Balaban J connectivity index is 1.72. The lowest BCUT2D eigenvalue weighted by Gasteiger charge is -2.26. The Bertz CT molecular complexity index is 1220. The molecular formula is C21H19Cl2FN6O2. The first-order chi connectivity index (χ1) is 15.2. The summed E-state index contributed by atoms with van der Waals surface area (Å²) in [4.78, 5) is 38.2. The van der Waals surface area contributed by atoms with Gasteiger partial charge >= 0.3 is 0 Å². The standard InChI is InChI=1S/C21H19Cl2FN6O2/c1-12(2)30(9-16(31)26-7-13-5-4-6-14(22)19(13)24)17(32)10-29-8-15(25-3)18-20(23)27-11-28-21(18)29/h4-6,8,11-12H,7,9-10H2,1-2H3,(H,26,31). The number of aromatic nitrogens is 3. The van der Waals surface area contributed by atoms with Crippen LogP contribution in [0.5, 0.6) is 0 Å². The highest BCUT2D eigenvalue weighted by Gasteiger charge is 2.23. The maximum absolute atomic E-state index is 14.0. The second-order valence-electron chi connectivity index (χ2n) is 7.22. The third kappa shape index (κ3) is 4.98. The van der Waals surface area contributed by atoms with E-state index in [1.165, 1.54) is 34.1 Å². The van der Waals surface area contributed by atoms with Crippen LogP contribution in [-0.2, 0) is 22.7 Å². The average Bonchev–Trinajstić information content (AvgIpc) is 3.11. The fraction of sp³-hybridized carbons (Fsp3) is 0.286. The first-order valence-corrected chi connectivity index (χ1v) is 10.3. The van der Waals surface area contributed by atoms with Crippen molar-refractivity contribution in [3.63, 3.8) is 0 Å². The van der Waals surface area contributed by atoms with Crippen molar-refractivity contribution in [2.24, 2.45) is 0 Å². The zero-order valence-corrected chi connectivity index (χ0v) is 18.8. The van der Waals surface area contributed by atoms with E-state index < -0.39 is 11.7 Å². The van der Waals surface area contributed by atoms with Crippen molar-refractivity contribution >= 4 is 51.7 Å². The minimum atomic E-state index is -0.595. The number of nitrogens with one attached hydrogen (secondary N) is 1.